The molecule has 1 aliphatic heterocycles. The van der Waals surface area contributed by atoms with Crippen molar-refractivity contribution in [3.8, 4) is 0 Å². The fraction of sp³-hybridized carbons (Fsp3) is 0.650. The number of thioether (sulfide) groups is 1. The van der Waals surface area contributed by atoms with Gasteiger partial charge in [0.15, 0.2) is 5.96 Å². The van der Waals surface area contributed by atoms with Crippen LogP contribution >= 0.6 is 35.7 Å². The Labute approximate surface area is 191 Å². The van der Waals surface area contributed by atoms with Gasteiger partial charge in [-0.3, -0.25) is 4.99 Å². The number of rotatable bonds is 10. The van der Waals surface area contributed by atoms with Crippen LogP contribution in [0.2, 0.25) is 0 Å². The van der Waals surface area contributed by atoms with Crippen molar-refractivity contribution in [2.45, 2.75) is 13.0 Å². The van der Waals surface area contributed by atoms with E-state index in [1.165, 1.54) is 22.8 Å². The predicted molar refractivity (Wildman–Crippen MR) is 134 cm³/mol. The number of hydrogen-bond acceptors (Lipinski definition) is 5. The monoisotopic (exact) mass is 521 g/mol. The molecule has 160 valence electrons. The molecule has 2 N–H and O–H groups in total. The van der Waals surface area contributed by atoms with Gasteiger partial charge >= 0.3 is 0 Å². The van der Waals surface area contributed by atoms with E-state index in [-0.39, 0.29) is 24.0 Å². The van der Waals surface area contributed by atoms with Crippen molar-refractivity contribution in [1.82, 2.24) is 15.5 Å². The van der Waals surface area contributed by atoms with E-state index in [0.29, 0.717) is 0 Å². The highest BCUT2D eigenvalue weighted by Crippen LogP contribution is 2.19. The zero-order chi connectivity index (χ0) is 19.3. The van der Waals surface area contributed by atoms with Crippen LogP contribution in [0, 0.1) is 0 Å². The molecule has 28 heavy (non-hydrogen) atoms. The molecule has 1 aromatic rings. The summed E-state index contributed by atoms with van der Waals surface area (Å²) < 4.78 is 5.09. The summed E-state index contributed by atoms with van der Waals surface area (Å²) in [7, 11) is 5.70. The Bertz CT molecular complexity index is 552. The minimum Gasteiger partial charge on any atom is -0.385 e. The molecule has 1 fully saturated rings. The second-order valence-corrected chi connectivity index (χ2v) is 7.99. The maximum atomic E-state index is 5.09. The summed E-state index contributed by atoms with van der Waals surface area (Å²) in [4.78, 5) is 9.08. The lowest BCUT2D eigenvalue weighted by atomic mass is 10.2. The first-order chi connectivity index (χ1) is 13.2. The van der Waals surface area contributed by atoms with Gasteiger partial charge in [-0.05, 0) is 31.2 Å². The smallest absolute Gasteiger partial charge is 0.191 e. The molecule has 0 amide bonds. The molecule has 1 saturated heterocycles. The number of anilines is 1. The third-order valence-corrected chi connectivity index (χ3v) is 5.61. The highest BCUT2D eigenvalue weighted by atomic mass is 127. The number of guanidine groups is 1. The average molecular weight is 522 g/mol. The third kappa shape index (κ3) is 9.67. The van der Waals surface area contributed by atoms with Crippen molar-refractivity contribution in [1.29, 1.82) is 0 Å². The van der Waals surface area contributed by atoms with Crippen molar-refractivity contribution in [2.75, 3.05) is 76.9 Å². The van der Waals surface area contributed by atoms with Crippen LogP contribution in [0.1, 0.15) is 12.0 Å². The molecule has 0 aliphatic carbocycles. The van der Waals surface area contributed by atoms with Crippen LogP contribution < -0.4 is 15.5 Å². The van der Waals surface area contributed by atoms with Gasteiger partial charge in [-0.1, -0.05) is 12.1 Å². The second-order valence-electron chi connectivity index (χ2n) is 6.77. The maximum Gasteiger partial charge on any atom is 0.191 e. The van der Waals surface area contributed by atoms with Crippen LogP contribution in [0.4, 0.5) is 5.69 Å². The molecule has 1 heterocycles. The Hall–Kier alpha value is -0.710. The zero-order valence-electron chi connectivity index (χ0n) is 17.4. The number of benzene rings is 1. The van der Waals surface area contributed by atoms with Crippen molar-refractivity contribution in [3.05, 3.63) is 29.8 Å². The Balaban J connectivity index is 0.00000392. The molecule has 6 nitrogen and oxygen atoms in total. The summed E-state index contributed by atoms with van der Waals surface area (Å²) in [5.74, 6) is 3.30. The van der Waals surface area contributed by atoms with E-state index >= 15 is 0 Å². The zero-order valence-corrected chi connectivity index (χ0v) is 20.6. The van der Waals surface area contributed by atoms with E-state index in [1.54, 1.807) is 7.11 Å². The first kappa shape index (κ1) is 25.3. The third-order valence-electron chi connectivity index (χ3n) is 4.67. The largest absolute Gasteiger partial charge is 0.385 e. The minimum absolute atomic E-state index is 0. The molecule has 0 bridgehead atoms. The van der Waals surface area contributed by atoms with E-state index in [2.05, 4.69) is 56.7 Å². The molecule has 0 spiro atoms. The molecular weight excluding hydrogens is 485 g/mol. The van der Waals surface area contributed by atoms with Crippen molar-refractivity contribution >= 4 is 47.4 Å². The van der Waals surface area contributed by atoms with Crippen LogP contribution in [0.15, 0.2) is 29.3 Å². The number of likely N-dealkylation sites (N-methyl/N-ethyl adjacent to an activating group) is 1. The van der Waals surface area contributed by atoms with Gasteiger partial charge in [-0.15, -0.1) is 24.0 Å². The molecule has 8 heteroatoms. The van der Waals surface area contributed by atoms with Crippen LogP contribution in [0.5, 0.6) is 0 Å². The topological polar surface area (TPSA) is 52.1 Å². The molecule has 1 aliphatic rings. The van der Waals surface area contributed by atoms with Crippen LogP contribution in [0.3, 0.4) is 0 Å². The van der Waals surface area contributed by atoms with Gasteiger partial charge in [0.1, 0.15) is 0 Å². The molecule has 0 aromatic heterocycles. The van der Waals surface area contributed by atoms with Gasteiger partial charge in [0.05, 0.1) is 0 Å². The predicted octanol–water partition coefficient (Wildman–Crippen LogP) is 2.49. The maximum absolute atomic E-state index is 5.09. The average Bonchev–Trinajstić information content (AvgIpc) is 2.72. The fourth-order valence-electron chi connectivity index (χ4n) is 3.01. The molecule has 0 saturated carbocycles. The summed E-state index contributed by atoms with van der Waals surface area (Å²) >= 11 is 2.04. The van der Waals surface area contributed by atoms with E-state index in [0.717, 1.165) is 58.3 Å². The first-order valence-electron chi connectivity index (χ1n) is 9.76. The van der Waals surface area contributed by atoms with Gasteiger partial charge in [-0.2, -0.15) is 11.8 Å². The Morgan fingerprint density at radius 2 is 1.89 bits per heavy atom. The fourth-order valence-corrected chi connectivity index (χ4v) is 3.91. The molecule has 0 radical (unpaired) electrons. The van der Waals surface area contributed by atoms with Crippen molar-refractivity contribution in [3.63, 3.8) is 0 Å². The van der Waals surface area contributed by atoms with Crippen molar-refractivity contribution in [2.24, 2.45) is 4.99 Å². The van der Waals surface area contributed by atoms with Crippen LogP contribution in [0.25, 0.3) is 0 Å². The molecule has 0 unspecified atom stereocenters. The minimum atomic E-state index is 0. The number of aliphatic imine (C=N–C) groups is 1. The van der Waals surface area contributed by atoms with E-state index in [4.69, 9.17) is 4.74 Å². The molecule has 0 atom stereocenters. The normalized spacial score (nSPS) is 14.7. The standard InChI is InChI=1S/C20H35N5OS.HI/c1-21-20(22-9-11-24(2)10-4-14-26-3)23-17-18-5-7-19(8-6-18)25-12-15-27-16-13-25;/h5-8H,4,9-17H2,1-3H3,(H2,21,22,23);1H. The summed E-state index contributed by atoms with van der Waals surface area (Å²) in [5.41, 5.74) is 2.60. The number of nitrogens with zero attached hydrogens (tertiary/aromatic N) is 3. The first-order valence-corrected chi connectivity index (χ1v) is 10.9. The molecule has 2 rings (SSSR count). The van der Waals surface area contributed by atoms with Gasteiger partial charge in [-0.25, -0.2) is 0 Å². The second kappa shape index (κ2) is 15.2. The SMILES string of the molecule is CN=C(NCCN(C)CCCOC)NCc1ccc(N2CCSCC2)cc1.I. The quantitative estimate of drug-likeness (QED) is 0.214. The Morgan fingerprint density at radius 3 is 2.54 bits per heavy atom. The van der Waals surface area contributed by atoms with Gasteiger partial charge < -0.3 is 25.2 Å². The van der Waals surface area contributed by atoms with Crippen LogP contribution in [-0.4, -0.2) is 82.9 Å². The molecule has 1 aromatic carbocycles. The van der Waals surface area contributed by atoms with E-state index in [9.17, 15) is 0 Å². The van der Waals surface area contributed by atoms with E-state index in [1.807, 2.05) is 18.8 Å². The highest BCUT2D eigenvalue weighted by Gasteiger charge is 2.10. The Kier molecular flexibility index (Phi) is 13.7. The van der Waals surface area contributed by atoms with Crippen LogP contribution in [-0.2, 0) is 11.3 Å². The summed E-state index contributed by atoms with van der Waals surface area (Å²) in [6.45, 7) is 6.79. The summed E-state index contributed by atoms with van der Waals surface area (Å²) in [5, 5.41) is 6.77. The Morgan fingerprint density at radius 1 is 1.18 bits per heavy atom. The number of ether oxygens (including phenoxy) is 1. The van der Waals surface area contributed by atoms with Gasteiger partial charge in [0.25, 0.3) is 0 Å². The lowest BCUT2D eigenvalue weighted by Gasteiger charge is -2.28. The van der Waals surface area contributed by atoms with Gasteiger partial charge in [0, 0.05) is 77.2 Å². The lowest BCUT2D eigenvalue weighted by molar-refractivity contribution is 0.180. The number of hydrogen-bond donors (Lipinski definition) is 2. The summed E-state index contributed by atoms with van der Waals surface area (Å²) in [6, 6.07) is 8.89. The van der Waals surface area contributed by atoms with Crippen molar-refractivity contribution < 1.29 is 4.74 Å². The van der Waals surface area contributed by atoms with E-state index < -0.39 is 0 Å². The number of halogens is 1. The number of methoxy groups -OCH3 is 1. The summed E-state index contributed by atoms with van der Waals surface area (Å²) in [6.07, 6.45) is 1.06. The molecular formula is C20H36IN5OS. The van der Waals surface area contributed by atoms with Gasteiger partial charge in [0.2, 0.25) is 0 Å². The number of nitrogens with one attached hydrogen (secondary N) is 2. The highest BCUT2D eigenvalue weighted by molar-refractivity contribution is 14.0. The lowest BCUT2D eigenvalue weighted by Crippen LogP contribution is -2.40.